The molecule has 0 fully saturated rings. The Balaban J connectivity index is 2.52. The summed E-state index contributed by atoms with van der Waals surface area (Å²) in [5.74, 6) is 0.0151. The maximum Gasteiger partial charge on any atom is 0.311 e. The lowest BCUT2D eigenvalue weighted by Gasteiger charge is -2.08. The number of halogens is 1. The van der Waals surface area contributed by atoms with E-state index < -0.39 is 5.97 Å². The van der Waals surface area contributed by atoms with E-state index >= 15 is 0 Å². The first kappa shape index (κ1) is 12.6. The lowest BCUT2D eigenvalue weighted by molar-refractivity contribution is -0.136. The third-order valence-electron chi connectivity index (χ3n) is 2.48. The zero-order valence-electron chi connectivity index (χ0n) is 10.0. The Bertz CT molecular complexity index is 607. The Labute approximate surface area is 109 Å². The van der Waals surface area contributed by atoms with Crippen LogP contribution in [0.5, 0.6) is 0 Å². The third-order valence-corrected chi connectivity index (χ3v) is 2.71. The van der Waals surface area contributed by atoms with Crippen molar-refractivity contribution in [3.05, 3.63) is 40.4 Å². The molecule has 1 aromatic carbocycles. The molecule has 5 nitrogen and oxygen atoms in total. The van der Waals surface area contributed by atoms with E-state index in [1.165, 1.54) is 0 Å². The molecule has 6 heteroatoms. The molecule has 0 unspecified atom stereocenters. The van der Waals surface area contributed by atoms with Gasteiger partial charge in [-0.1, -0.05) is 11.6 Å². The second kappa shape index (κ2) is 4.78. The topological polar surface area (TPSA) is 68.0 Å². The van der Waals surface area contributed by atoms with Crippen LogP contribution in [0.2, 0.25) is 5.02 Å². The van der Waals surface area contributed by atoms with Crippen molar-refractivity contribution in [2.45, 2.75) is 20.3 Å². The number of nitrogens with zero attached hydrogens (tertiary/aromatic N) is 3. The van der Waals surface area contributed by atoms with Gasteiger partial charge in [0.2, 0.25) is 0 Å². The van der Waals surface area contributed by atoms with Crippen LogP contribution in [0.4, 0.5) is 0 Å². The second-order valence-corrected chi connectivity index (χ2v) is 4.42. The minimum absolute atomic E-state index is 0.164. The second-order valence-electron chi connectivity index (χ2n) is 3.99. The van der Waals surface area contributed by atoms with Gasteiger partial charge in [0.15, 0.2) is 0 Å². The molecule has 0 spiro atoms. The lowest BCUT2D eigenvalue weighted by Crippen LogP contribution is -2.10. The molecule has 18 heavy (non-hydrogen) atoms. The summed E-state index contributed by atoms with van der Waals surface area (Å²) in [5, 5.41) is 13.7. The number of carboxylic acid groups (broad SMARTS) is 1. The van der Waals surface area contributed by atoms with Crippen molar-refractivity contribution in [2.24, 2.45) is 0 Å². The number of carboxylic acids is 1. The van der Waals surface area contributed by atoms with Crippen molar-refractivity contribution in [3.63, 3.8) is 0 Å². The minimum Gasteiger partial charge on any atom is -0.481 e. The van der Waals surface area contributed by atoms with E-state index in [0.29, 0.717) is 16.7 Å². The van der Waals surface area contributed by atoms with Gasteiger partial charge >= 0.3 is 5.97 Å². The summed E-state index contributed by atoms with van der Waals surface area (Å²) < 4.78 is 1.55. The molecular weight excluding hydrogens is 254 g/mol. The fraction of sp³-hybridized carbons (Fsp3) is 0.250. The maximum absolute atomic E-state index is 10.8. The summed E-state index contributed by atoms with van der Waals surface area (Å²) in [4.78, 5) is 14.9. The SMILES string of the molecule is Cc1nc(CC(=O)O)n(-c2ccc(Cl)cc2C)n1. The van der Waals surface area contributed by atoms with Gasteiger partial charge in [0.1, 0.15) is 18.1 Å². The van der Waals surface area contributed by atoms with Crippen LogP contribution in [0.25, 0.3) is 5.69 Å². The zero-order valence-corrected chi connectivity index (χ0v) is 10.8. The summed E-state index contributed by atoms with van der Waals surface area (Å²) in [7, 11) is 0. The Morgan fingerprint density at radius 1 is 1.44 bits per heavy atom. The molecule has 0 aliphatic rings. The predicted molar refractivity (Wildman–Crippen MR) is 67.2 cm³/mol. The zero-order chi connectivity index (χ0) is 13.3. The quantitative estimate of drug-likeness (QED) is 0.923. The van der Waals surface area contributed by atoms with E-state index in [2.05, 4.69) is 10.1 Å². The average molecular weight is 266 g/mol. The van der Waals surface area contributed by atoms with E-state index in [0.717, 1.165) is 11.3 Å². The highest BCUT2D eigenvalue weighted by Crippen LogP contribution is 2.19. The van der Waals surface area contributed by atoms with Crippen LogP contribution in [0.1, 0.15) is 17.2 Å². The summed E-state index contributed by atoms with van der Waals surface area (Å²) in [6.45, 7) is 3.62. The molecule has 0 amide bonds. The van der Waals surface area contributed by atoms with Crippen LogP contribution >= 0.6 is 11.6 Å². The highest BCUT2D eigenvalue weighted by molar-refractivity contribution is 6.30. The summed E-state index contributed by atoms with van der Waals surface area (Å²) in [6, 6.07) is 5.35. The van der Waals surface area contributed by atoms with E-state index in [1.807, 2.05) is 6.92 Å². The molecule has 0 atom stereocenters. The molecule has 0 aliphatic carbocycles. The number of carbonyl (C=O) groups is 1. The van der Waals surface area contributed by atoms with Crippen molar-refractivity contribution < 1.29 is 9.90 Å². The number of aryl methyl sites for hydroxylation is 2. The van der Waals surface area contributed by atoms with Crippen LogP contribution in [0.3, 0.4) is 0 Å². The lowest BCUT2D eigenvalue weighted by atomic mass is 10.2. The van der Waals surface area contributed by atoms with Gasteiger partial charge in [-0.3, -0.25) is 4.79 Å². The normalized spacial score (nSPS) is 10.6. The third kappa shape index (κ3) is 2.51. The van der Waals surface area contributed by atoms with Gasteiger partial charge in [-0.25, -0.2) is 9.67 Å². The highest BCUT2D eigenvalue weighted by Gasteiger charge is 2.14. The van der Waals surface area contributed by atoms with Crippen LogP contribution in [0.15, 0.2) is 18.2 Å². The van der Waals surface area contributed by atoms with Gasteiger partial charge < -0.3 is 5.11 Å². The van der Waals surface area contributed by atoms with E-state index in [-0.39, 0.29) is 6.42 Å². The van der Waals surface area contributed by atoms with Gasteiger partial charge in [-0.05, 0) is 37.6 Å². The summed E-state index contributed by atoms with van der Waals surface area (Å²) in [5.41, 5.74) is 1.70. The number of hydrogen-bond acceptors (Lipinski definition) is 3. The molecule has 0 bridgehead atoms. The number of aromatic nitrogens is 3. The molecular formula is C12H12ClN3O2. The first-order valence-electron chi connectivity index (χ1n) is 5.38. The van der Waals surface area contributed by atoms with Gasteiger partial charge in [-0.2, -0.15) is 5.10 Å². The molecule has 1 aromatic heterocycles. The molecule has 0 saturated heterocycles. The van der Waals surface area contributed by atoms with E-state index in [4.69, 9.17) is 16.7 Å². The van der Waals surface area contributed by atoms with Gasteiger partial charge in [0, 0.05) is 5.02 Å². The van der Waals surface area contributed by atoms with Gasteiger partial charge in [0.25, 0.3) is 0 Å². The first-order chi connectivity index (χ1) is 8.47. The molecule has 0 saturated carbocycles. The standard InChI is InChI=1S/C12H12ClN3O2/c1-7-5-9(13)3-4-10(7)16-11(6-12(17)18)14-8(2)15-16/h3-5H,6H2,1-2H3,(H,17,18). The van der Waals surface area contributed by atoms with Crippen molar-refractivity contribution >= 4 is 17.6 Å². The monoisotopic (exact) mass is 265 g/mol. The highest BCUT2D eigenvalue weighted by atomic mass is 35.5. The smallest absolute Gasteiger partial charge is 0.311 e. The molecule has 0 radical (unpaired) electrons. The number of aliphatic carboxylic acids is 1. The predicted octanol–water partition coefficient (Wildman–Crippen LogP) is 2.16. The van der Waals surface area contributed by atoms with Crippen molar-refractivity contribution in [1.82, 2.24) is 14.8 Å². The summed E-state index contributed by atoms with van der Waals surface area (Å²) >= 11 is 5.89. The largest absolute Gasteiger partial charge is 0.481 e. The molecule has 94 valence electrons. The first-order valence-corrected chi connectivity index (χ1v) is 5.76. The van der Waals surface area contributed by atoms with Gasteiger partial charge in [0.05, 0.1) is 5.69 Å². The number of benzene rings is 1. The fourth-order valence-electron chi connectivity index (χ4n) is 1.76. The molecule has 2 rings (SSSR count). The van der Waals surface area contributed by atoms with E-state index in [1.54, 1.807) is 29.8 Å². The average Bonchev–Trinajstić information content (AvgIpc) is 2.58. The summed E-state index contributed by atoms with van der Waals surface area (Å²) in [6.07, 6.45) is -0.164. The Morgan fingerprint density at radius 3 is 2.78 bits per heavy atom. The number of hydrogen-bond donors (Lipinski definition) is 1. The Hall–Kier alpha value is -1.88. The fourth-order valence-corrected chi connectivity index (χ4v) is 1.98. The Morgan fingerprint density at radius 2 is 2.17 bits per heavy atom. The van der Waals surface area contributed by atoms with Crippen molar-refractivity contribution in [1.29, 1.82) is 0 Å². The van der Waals surface area contributed by atoms with Crippen molar-refractivity contribution in [3.8, 4) is 5.69 Å². The van der Waals surface area contributed by atoms with E-state index in [9.17, 15) is 4.79 Å². The van der Waals surface area contributed by atoms with Gasteiger partial charge in [-0.15, -0.1) is 0 Å². The van der Waals surface area contributed by atoms with Crippen LogP contribution < -0.4 is 0 Å². The molecule has 1 N–H and O–H groups in total. The maximum atomic E-state index is 10.8. The van der Waals surface area contributed by atoms with Crippen molar-refractivity contribution in [2.75, 3.05) is 0 Å². The van der Waals surface area contributed by atoms with Crippen LogP contribution in [0, 0.1) is 13.8 Å². The number of rotatable bonds is 3. The van der Waals surface area contributed by atoms with Crippen LogP contribution in [-0.4, -0.2) is 25.8 Å². The molecule has 1 heterocycles. The van der Waals surface area contributed by atoms with Crippen LogP contribution in [-0.2, 0) is 11.2 Å². The molecule has 0 aliphatic heterocycles. The molecule has 2 aromatic rings. The minimum atomic E-state index is -0.935. The Kier molecular flexibility index (Phi) is 3.34.